The molecule has 1 aliphatic rings. The number of sulfone groups is 1. The van der Waals surface area contributed by atoms with Gasteiger partial charge in [-0.3, -0.25) is 4.21 Å². The largest absolute Gasteiger partial charge is 0.259 e. The van der Waals surface area contributed by atoms with Gasteiger partial charge in [0.05, 0.1) is 11.0 Å². The van der Waals surface area contributed by atoms with Crippen LogP contribution in [-0.2, 0) is 20.6 Å². The molecule has 0 bridgehead atoms. The van der Waals surface area contributed by atoms with Crippen molar-refractivity contribution in [1.29, 1.82) is 0 Å². The molecule has 0 aromatic heterocycles. The Kier molecular flexibility index (Phi) is 5.44. The molecule has 0 unspecified atom stereocenters. The maximum absolute atomic E-state index is 11.8. The van der Waals surface area contributed by atoms with Crippen LogP contribution in [0.2, 0.25) is 0 Å². The molecule has 96 valence electrons. The van der Waals surface area contributed by atoms with Crippen LogP contribution >= 0.6 is 0 Å². The Morgan fingerprint density at radius 2 is 1.81 bits per heavy atom. The monoisotopic (exact) mass is 266 g/mol. The zero-order valence-corrected chi connectivity index (χ0v) is 11.8. The first-order valence-corrected chi connectivity index (χ1v) is 9.12. The highest BCUT2D eigenvalue weighted by Crippen LogP contribution is 2.23. The molecule has 0 saturated heterocycles. The van der Waals surface area contributed by atoms with Gasteiger partial charge in [0, 0.05) is 21.8 Å². The van der Waals surface area contributed by atoms with Gasteiger partial charge in [-0.15, -0.1) is 0 Å². The molecular weight excluding hydrogens is 244 g/mol. The molecular formula is C11H22O3S2. The Bertz CT molecular complexity index is 327. The third-order valence-electron chi connectivity index (χ3n) is 3.17. The molecule has 1 fully saturated rings. The van der Waals surface area contributed by atoms with E-state index in [9.17, 15) is 12.6 Å². The summed E-state index contributed by atoms with van der Waals surface area (Å²) >= 11 is 0. The third-order valence-corrected chi connectivity index (χ3v) is 7.37. The summed E-state index contributed by atoms with van der Waals surface area (Å²) in [6, 6.07) is 0. The fourth-order valence-corrected chi connectivity index (χ4v) is 4.78. The molecule has 0 aromatic carbocycles. The zero-order chi connectivity index (χ0) is 12.2. The molecule has 1 atom stereocenters. The van der Waals surface area contributed by atoms with Gasteiger partial charge >= 0.3 is 0 Å². The normalized spacial score (nSPS) is 20.4. The van der Waals surface area contributed by atoms with Crippen LogP contribution < -0.4 is 0 Å². The van der Waals surface area contributed by atoms with Crippen LogP contribution in [0.5, 0.6) is 0 Å². The molecule has 5 heteroatoms. The first-order valence-electron chi connectivity index (χ1n) is 6.02. The maximum Gasteiger partial charge on any atom is 0.152 e. The minimum atomic E-state index is -2.95. The van der Waals surface area contributed by atoms with Crippen LogP contribution in [0, 0.1) is 0 Å². The summed E-state index contributed by atoms with van der Waals surface area (Å²) in [5.41, 5.74) is 0. The van der Waals surface area contributed by atoms with Crippen molar-refractivity contribution >= 4 is 20.6 Å². The van der Waals surface area contributed by atoms with Crippen molar-refractivity contribution < 1.29 is 12.6 Å². The van der Waals surface area contributed by atoms with Gasteiger partial charge in [-0.05, 0) is 33.1 Å². The van der Waals surface area contributed by atoms with Crippen molar-refractivity contribution in [2.45, 2.75) is 56.5 Å². The lowest BCUT2D eigenvalue weighted by Crippen LogP contribution is -2.21. The Morgan fingerprint density at radius 1 is 1.25 bits per heavy atom. The van der Waals surface area contributed by atoms with Crippen LogP contribution in [-0.4, -0.2) is 34.6 Å². The van der Waals surface area contributed by atoms with Crippen LogP contribution in [0.15, 0.2) is 0 Å². The van der Waals surface area contributed by atoms with Gasteiger partial charge in [0.1, 0.15) is 0 Å². The highest BCUT2D eigenvalue weighted by atomic mass is 32.2. The third kappa shape index (κ3) is 4.17. The van der Waals surface area contributed by atoms with Crippen molar-refractivity contribution in [2.24, 2.45) is 0 Å². The molecule has 1 saturated carbocycles. The number of hydrogen-bond donors (Lipinski definition) is 0. The van der Waals surface area contributed by atoms with E-state index in [1.807, 2.05) is 0 Å². The molecule has 0 amide bonds. The second kappa shape index (κ2) is 6.15. The summed E-state index contributed by atoms with van der Waals surface area (Å²) in [4.78, 5) is 0. The van der Waals surface area contributed by atoms with Gasteiger partial charge in [0.15, 0.2) is 9.84 Å². The van der Waals surface area contributed by atoms with E-state index < -0.39 is 20.6 Å². The van der Waals surface area contributed by atoms with Gasteiger partial charge in [0.2, 0.25) is 0 Å². The summed E-state index contributed by atoms with van der Waals surface area (Å²) in [6.45, 7) is 3.40. The molecule has 3 nitrogen and oxygen atoms in total. The molecule has 0 aromatic rings. The average Bonchev–Trinajstić information content (AvgIpc) is 2.69. The van der Waals surface area contributed by atoms with E-state index in [0.717, 1.165) is 12.8 Å². The molecule has 1 aliphatic carbocycles. The van der Waals surface area contributed by atoms with Gasteiger partial charge in [0.25, 0.3) is 0 Å². The molecule has 1 rings (SSSR count). The molecule has 16 heavy (non-hydrogen) atoms. The highest BCUT2D eigenvalue weighted by molar-refractivity contribution is 7.92. The Labute approximate surface area is 101 Å². The predicted molar refractivity (Wildman–Crippen MR) is 68.8 cm³/mol. The minimum absolute atomic E-state index is 0.184. The lowest BCUT2D eigenvalue weighted by atomic mass is 10.4. The van der Waals surface area contributed by atoms with Gasteiger partial charge in [-0.2, -0.15) is 0 Å². The highest BCUT2D eigenvalue weighted by Gasteiger charge is 2.22. The quantitative estimate of drug-likeness (QED) is 0.737. The standard InChI is InChI=1S/C11H22O3S2/c1-10(2)16(13,14)9-5-8-15(12)11-6-3-4-7-11/h10-11H,3-9H2,1-2H3/t15-/m1/s1. The maximum atomic E-state index is 11.8. The summed E-state index contributed by atoms with van der Waals surface area (Å²) in [6.07, 6.45) is 5.03. The fourth-order valence-electron chi connectivity index (χ4n) is 1.96. The Hall–Kier alpha value is 0.1000. The first-order chi connectivity index (χ1) is 7.43. The van der Waals surface area contributed by atoms with Crippen LogP contribution in [0.25, 0.3) is 0 Å². The van der Waals surface area contributed by atoms with Crippen molar-refractivity contribution in [3.8, 4) is 0 Å². The van der Waals surface area contributed by atoms with Crippen molar-refractivity contribution in [2.75, 3.05) is 11.5 Å². The van der Waals surface area contributed by atoms with E-state index in [1.165, 1.54) is 12.8 Å². The predicted octanol–water partition coefficient (Wildman–Crippen LogP) is 1.89. The second-order valence-corrected chi connectivity index (χ2v) is 9.27. The van der Waals surface area contributed by atoms with E-state index >= 15 is 0 Å². The summed E-state index contributed by atoms with van der Waals surface area (Å²) in [5, 5.41) is 0.0224. The van der Waals surface area contributed by atoms with E-state index in [2.05, 4.69) is 0 Å². The molecule has 0 radical (unpaired) electrons. The van der Waals surface area contributed by atoms with Crippen LogP contribution in [0.1, 0.15) is 46.0 Å². The Balaban J connectivity index is 2.27. The van der Waals surface area contributed by atoms with E-state index in [-0.39, 0.29) is 11.0 Å². The smallest absolute Gasteiger partial charge is 0.152 e. The Morgan fingerprint density at radius 3 is 2.31 bits per heavy atom. The molecule has 0 heterocycles. The van der Waals surface area contributed by atoms with E-state index in [0.29, 0.717) is 17.4 Å². The van der Waals surface area contributed by atoms with Crippen LogP contribution in [0.3, 0.4) is 0 Å². The van der Waals surface area contributed by atoms with Crippen molar-refractivity contribution in [3.05, 3.63) is 0 Å². The second-order valence-electron chi connectivity index (χ2n) is 4.76. The van der Waals surface area contributed by atoms with E-state index in [4.69, 9.17) is 0 Å². The lowest BCUT2D eigenvalue weighted by molar-refractivity contribution is 0.586. The van der Waals surface area contributed by atoms with Gasteiger partial charge < -0.3 is 0 Å². The minimum Gasteiger partial charge on any atom is -0.259 e. The average molecular weight is 266 g/mol. The zero-order valence-electron chi connectivity index (χ0n) is 10.1. The number of rotatable bonds is 6. The first kappa shape index (κ1) is 14.2. The van der Waals surface area contributed by atoms with Gasteiger partial charge in [-0.1, -0.05) is 12.8 Å². The van der Waals surface area contributed by atoms with Crippen molar-refractivity contribution in [3.63, 3.8) is 0 Å². The lowest BCUT2D eigenvalue weighted by Gasteiger charge is -2.10. The molecule has 0 aliphatic heterocycles. The topological polar surface area (TPSA) is 51.2 Å². The summed E-state index contributed by atoms with van der Waals surface area (Å²) in [5.74, 6) is 0.736. The fraction of sp³-hybridized carbons (Fsp3) is 1.00. The number of hydrogen-bond acceptors (Lipinski definition) is 3. The molecule has 0 N–H and O–H groups in total. The summed E-state index contributed by atoms with van der Waals surface area (Å²) in [7, 11) is -3.76. The van der Waals surface area contributed by atoms with Gasteiger partial charge in [-0.25, -0.2) is 8.42 Å². The van der Waals surface area contributed by atoms with Crippen molar-refractivity contribution in [1.82, 2.24) is 0 Å². The SMILES string of the molecule is CC(C)S(=O)(=O)CCC[S@@](=O)C1CCCC1. The molecule has 0 spiro atoms. The summed E-state index contributed by atoms with van der Waals surface area (Å²) < 4.78 is 34.9. The van der Waals surface area contributed by atoms with Crippen LogP contribution in [0.4, 0.5) is 0 Å². The van der Waals surface area contributed by atoms with E-state index in [1.54, 1.807) is 13.8 Å².